The van der Waals surface area contributed by atoms with E-state index in [9.17, 15) is 0 Å². The van der Waals surface area contributed by atoms with Crippen molar-refractivity contribution in [2.24, 2.45) is 0 Å². The van der Waals surface area contributed by atoms with Gasteiger partial charge in [0.05, 0.1) is 0 Å². The summed E-state index contributed by atoms with van der Waals surface area (Å²) in [6.07, 6.45) is 4.85. The lowest BCUT2D eigenvalue weighted by Gasteiger charge is -1.89. The van der Waals surface area contributed by atoms with E-state index in [-0.39, 0.29) is 0 Å². The fourth-order valence-corrected chi connectivity index (χ4v) is 1.46. The van der Waals surface area contributed by atoms with Gasteiger partial charge < -0.3 is 0 Å². The maximum atomic E-state index is 3.42. The Morgan fingerprint density at radius 2 is 2.30 bits per heavy atom. The molecule has 0 fully saturated rings. The van der Waals surface area contributed by atoms with E-state index >= 15 is 0 Å². The van der Waals surface area contributed by atoms with Crippen molar-refractivity contribution in [3.63, 3.8) is 0 Å². The molecule has 0 amide bonds. The molecule has 1 heterocycles. The summed E-state index contributed by atoms with van der Waals surface area (Å²) in [6, 6.07) is 6.06. The molecule has 48 valence electrons. The van der Waals surface area contributed by atoms with Crippen LogP contribution in [0, 0.1) is 6.20 Å². The third-order valence-corrected chi connectivity index (χ3v) is 2.13. The van der Waals surface area contributed by atoms with Crippen molar-refractivity contribution >= 4 is 27.7 Å². The highest BCUT2D eigenvalue weighted by atomic mass is 79.9. The summed E-state index contributed by atoms with van der Waals surface area (Å²) in [6.45, 7) is 0. The molecule has 1 aliphatic rings. The minimum absolute atomic E-state index is 1.09. The summed E-state index contributed by atoms with van der Waals surface area (Å²) in [5.74, 6) is 0. The lowest BCUT2D eigenvalue weighted by Crippen LogP contribution is -1.83. The van der Waals surface area contributed by atoms with Crippen LogP contribution in [0.2, 0.25) is 0 Å². The van der Waals surface area contributed by atoms with Crippen LogP contribution in [0.4, 0.5) is 5.69 Å². The number of hydrogen-bond acceptors (Lipinski definition) is 1. The smallest absolute Gasteiger partial charge is 0.196 e. The molecule has 1 aromatic rings. The van der Waals surface area contributed by atoms with E-state index in [1.165, 1.54) is 5.56 Å². The Balaban J connectivity index is 2.66. The minimum atomic E-state index is 1.09. The molecule has 0 saturated carbocycles. The van der Waals surface area contributed by atoms with Crippen molar-refractivity contribution in [3.8, 4) is 0 Å². The normalized spacial score (nSPS) is 12.1. The predicted molar refractivity (Wildman–Crippen MR) is 45.5 cm³/mol. The third kappa shape index (κ3) is 0.737. The van der Waals surface area contributed by atoms with Gasteiger partial charge in [-0.25, -0.2) is 0 Å². The molecule has 2 rings (SSSR count). The average molecular weight is 195 g/mol. The molecule has 0 bridgehead atoms. The fourth-order valence-electron chi connectivity index (χ4n) is 0.979. The van der Waals surface area contributed by atoms with Crippen LogP contribution < -0.4 is 5.32 Å². The maximum Gasteiger partial charge on any atom is 0.212 e. The molecule has 0 radical (unpaired) electrons. The van der Waals surface area contributed by atoms with Gasteiger partial charge in [-0.15, -0.1) is 0 Å². The topological polar surface area (TPSA) is 12.0 Å². The summed E-state index contributed by atoms with van der Waals surface area (Å²) in [5.41, 5.74) is 2.30. The summed E-state index contributed by atoms with van der Waals surface area (Å²) < 4.78 is 1.09. The zero-order valence-corrected chi connectivity index (χ0v) is 6.77. The van der Waals surface area contributed by atoms with E-state index < -0.39 is 0 Å². The van der Waals surface area contributed by atoms with E-state index in [1.54, 1.807) is 0 Å². The summed E-state index contributed by atoms with van der Waals surface area (Å²) in [5, 5.41) is 3.02. The molecule has 1 aliphatic heterocycles. The standard InChI is InChI=1S/C8H5BrN/c9-7-3-1-2-6-4-5-10-8(6)7/h1-4,10H/q+1. The van der Waals surface area contributed by atoms with E-state index in [2.05, 4.69) is 27.4 Å². The highest BCUT2D eigenvalue weighted by Gasteiger charge is 2.18. The number of benzene rings is 1. The Kier molecular flexibility index (Phi) is 1.23. The zero-order valence-electron chi connectivity index (χ0n) is 5.19. The summed E-state index contributed by atoms with van der Waals surface area (Å²) in [4.78, 5) is 0. The van der Waals surface area contributed by atoms with E-state index in [0.29, 0.717) is 0 Å². The molecule has 0 saturated heterocycles. The van der Waals surface area contributed by atoms with Crippen LogP contribution >= 0.6 is 15.9 Å². The van der Waals surface area contributed by atoms with Gasteiger partial charge in [-0.2, -0.15) is 5.32 Å². The monoisotopic (exact) mass is 194 g/mol. The first-order chi connectivity index (χ1) is 4.88. The van der Waals surface area contributed by atoms with Crippen LogP contribution in [-0.2, 0) is 0 Å². The molecule has 10 heavy (non-hydrogen) atoms. The molecular weight excluding hydrogens is 190 g/mol. The lowest BCUT2D eigenvalue weighted by atomic mass is 10.2. The van der Waals surface area contributed by atoms with Crippen LogP contribution in [-0.4, -0.2) is 0 Å². The summed E-state index contributed by atoms with van der Waals surface area (Å²) in [7, 11) is 0. The number of halogens is 1. The first-order valence-corrected chi connectivity index (χ1v) is 3.80. The van der Waals surface area contributed by atoms with Gasteiger partial charge in [0.2, 0.25) is 5.69 Å². The molecule has 1 aromatic carbocycles. The Labute approximate surface area is 67.9 Å². The SMILES string of the molecule is Brc1cccc2c1N[C+]=C2. The first kappa shape index (κ1) is 5.90. The van der Waals surface area contributed by atoms with Crippen LogP contribution in [0.3, 0.4) is 0 Å². The Hall–Kier alpha value is -0.850. The Morgan fingerprint density at radius 3 is 3.10 bits per heavy atom. The number of rotatable bonds is 0. The molecule has 0 atom stereocenters. The number of hydrogen-bond donors (Lipinski definition) is 1. The van der Waals surface area contributed by atoms with E-state index in [1.807, 2.05) is 24.3 Å². The van der Waals surface area contributed by atoms with E-state index in [0.717, 1.165) is 10.2 Å². The maximum absolute atomic E-state index is 3.42. The lowest BCUT2D eigenvalue weighted by molar-refractivity contribution is 1.57. The molecule has 0 aliphatic carbocycles. The fraction of sp³-hybridized carbons (Fsp3) is 0. The highest BCUT2D eigenvalue weighted by Crippen LogP contribution is 2.30. The number of fused-ring (bicyclic) bond motifs is 1. The van der Waals surface area contributed by atoms with Crippen LogP contribution in [0.1, 0.15) is 5.56 Å². The number of anilines is 1. The van der Waals surface area contributed by atoms with Gasteiger partial charge in [0.1, 0.15) is 16.7 Å². The quantitative estimate of drug-likeness (QED) is 0.627. The van der Waals surface area contributed by atoms with Gasteiger partial charge in [-0.3, -0.25) is 0 Å². The largest absolute Gasteiger partial charge is 0.212 e. The van der Waals surface area contributed by atoms with Gasteiger partial charge in [0.15, 0.2) is 5.56 Å². The molecule has 2 heteroatoms. The highest BCUT2D eigenvalue weighted by molar-refractivity contribution is 9.10. The van der Waals surface area contributed by atoms with Crippen molar-refractivity contribution in [1.29, 1.82) is 0 Å². The van der Waals surface area contributed by atoms with Crippen molar-refractivity contribution < 1.29 is 0 Å². The van der Waals surface area contributed by atoms with Crippen LogP contribution in [0.5, 0.6) is 0 Å². The van der Waals surface area contributed by atoms with Crippen LogP contribution in [0.15, 0.2) is 22.7 Å². The van der Waals surface area contributed by atoms with Gasteiger partial charge in [0, 0.05) is 6.07 Å². The van der Waals surface area contributed by atoms with Crippen LogP contribution in [0.25, 0.3) is 6.08 Å². The number of para-hydroxylation sites is 1. The minimum Gasteiger partial charge on any atom is -0.196 e. The Morgan fingerprint density at radius 1 is 1.40 bits per heavy atom. The second-order valence-corrected chi connectivity index (χ2v) is 2.97. The zero-order chi connectivity index (χ0) is 6.97. The predicted octanol–water partition coefficient (Wildman–Crippen LogP) is 2.65. The van der Waals surface area contributed by atoms with Gasteiger partial charge in [0.25, 0.3) is 0 Å². The van der Waals surface area contributed by atoms with Crippen molar-refractivity contribution in [2.45, 2.75) is 0 Å². The van der Waals surface area contributed by atoms with Gasteiger partial charge >= 0.3 is 0 Å². The van der Waals surface area contributed by atoms with Crippen molar-refractivity contribution in [1.82, 2.24) is 0 Å². The molecule has 0 aromatic heterocycles. The van der Waals surface area contributed by atoms with Gasteiger partial charge in [-0.05, 0) is 28.1 Å². The second kappa shape index (κ2) is 2.08. The molecule has 1 N–H and O–H groups in total. The molecular formula is C8H5BrN+. The van der Waals surface area contributed by atoms with Gasteiger partial charge in [-0.1, -0.05) is 0 Å². The Bertz CT molecular complexity index is 291. The van der Waals surface area contributed by atoms with E-state index in [4.69, 9.17) is 0 Å². The molecule has 1 nitrogen and oxygen atoms in total. The molecule has 0 unspecified atom stereocenters. The van der Waals surface area contributed by atoms with Crippen molar-refractivity contribution in [3.05, 3.63) is 34.4 Å². The average Bonchev–Trinajstić information content (AvgIpc) is 2.36. The molecule has 0 spiro atoms. The second-order valence-electron chi connectivity index (χ2n) is 2.12. The summed E-state index contributed by atoms with van der Waals surface area (Å²) >= 11 is 3.42. The van der Waals surface area contributed by atoms with Crippen molar-refractivity contribution in [2.75, 3.05) is 5.32 Å². The first-order valence-electron chi connectivity index (χ1n) is 3.01. The third-order valence-electron chi connectivity index (χ3n) is 1.47. The number of nitrogens with one attached hydrogen (secondary N) is 1.